The largest absolute Gasteiger partial charge is 0.389 e. The first-order chi connectivity index (χ1) is 3.56. The normalized spacial score (nSPS) is 12.0. The van der Waals surface area contributed by atoms with Gasteiger partial charge in [-0.25, -0.2) is 0 Å². The molecule has 0 aliphatic carbocycles. The highest BCUT2D eigenvalue weighted by atomic mass is 79.9. The molecule has 0 unspecified atom stereocenters. The highest BCUT2D eigenvalue weighted by molar-refractivity contribution is 9.09. The van der Waals surface area contributed by atoms with Crippen LogP contribution in [0.4, 0.5) is 0 Å². The van der Waals surface area contributed by atoms with Crippen molar-refractivity contribution in [1.82, 2.24) is 5.32 Å². The van der Waals surface area contributed by atoms with E-state index in [4.69, 9.17) is 5.11 Å². The van der Waals surface area contributed by atoms with E-state index < -0.39 is 5.60 Å². The number of alkyl halides is 1. The summed E-state index contributed by atoms with van der Waals surface area (Å²) >= 11 is 3.18. The molecule has 0 saturated carbocycles. The molecule has 0 aromatic carbocycles. The van der Waals surface area contributed by atoms with E-state index in [1.807, 2.05) is 0 Å². The summed E-state index contributed by atoms with van der Waals surface area (Å²) in [6.45, 7) is 4.16. The molecular formula is C5H12BrNO. The van der Waals surface area contributed by atoms with E-state index in [1.54, 1.807) is 13.8 Å². The van der Waals surface area contributed by atoms with Crippen LogP contribution in [0.1, 0.15) is 13.8 Å². The number of halogens is 1. The zero-order valence-corrected chi connectivity index (χ0v) is 6.83. The van der Waals surface area contributed by atoms with Crippen LogP contribution in [-0.4, -0.2) is 22.7 Å². The van der Waals surface area contributed by atoms with Crippen LogP contribution in [0, 0.1) is 0 Å². The molecule has 0 heterocycles. The monoisotopic (exact) mass is 181 g/mol. The number of hydrogen-bond acceptors (Lipinski definition) is 2. The zero-order valence-electron chi connectivity index (χ0n) is 5.24. The minimum atomic E-state index is -0.590. The maximum absolute atomic E-state index is 9.07. The standard InChI is InChI=1S/C5H12BrNO/c1-5(2,8)3-7-4-6/h7-8H,3-4H2,1-2H3. The van der Waals surface area contributed by atoms with Crippen molar-refractivity contribution in [2.75, 3.05) is 12.0 Å². The smallest absolute Gasteiger partial charge is 0.0715 e. The Kier molecular flexibility index (Phi) is 3.60. The predicted molar refractivity (Wildman–Crippen MR) is 38.1 cm³/mol. The highest BCUT2D eigenvalue weighted by Gasteiger charge is 2.09. The molecule has 0 spiro atoms. The third kappa shape index (κ3) is 6.40. The van der Waals surface area contributed by atoms with Crippen LogP contribution in [0.3, 0.4) is 0 Å². The van der Waals surface area contributed by atoms with Gasteiger partial charge >= 0.3 is 0 Å². The minimum Gasteiger partial charge on any atom is -0.389 e. The summed E-state index contributed by atoms with van der Waals surface area (Å²) in [5, 5.41) is 12.0. The molecule has 0 radical (unpaired) electrons. The van der Waals surface area contributed by atoms with Gasteiger partial charge in [-0.2, -0.15) is 0 Å². The summed E-state index contributed by atoms with van der Waals surface area (Å²) in [5.41, 5.74) is 0.144. The van der Waals surface area contributed by atoms with Gasteiger partial charge in [-0.3, -0.25) is 0 Å². The predicted octanol–water partition coefficient (Wildman–Crippen LogP) is 0.699. The quantitative estimate of drug-likeness (QED) is 0.497. The van der Waals surface area contributed by atoms with Gasteiger partial charge in [-0.1, -0.05) is 15.9 Å². The van der Waals surface area contributed by atoms with Gasteiger partial charge in [0.1, 0.15) is 0 Å². The van der Waals surface area contributed by atoms with Crippen molar-refractivity contribution in [3.8, 4) is 0 Å². The van der Waals surface area contributed by atoms with Crippen molar-refractivity contribution < 1.29 is 5.11 Å². The summed E-state index contributed by atoms with van der Waals surface area (Å²) in [5.74, 6) is 0. The summed E-state index contributed by atoms with van der Waals surface area (Å²) in [6.07, 6.45) is 0. The average molecular weight is 182 g/mol. The van der Waals surface area contributed by atoms with Gasteiger partial charge in [0.25, 0.3) is 0 Å². The Morgan fingerprint density at radius 3 is 2.25 bits per heavy atom. The van der Waals surface area contributed by atoms with Gasteiger partial charge < -0.3 is 10.4 Å². The molecule has 0 saturated heterocycles. The van der Waals surface area contributed by atoms with E-state index in [2.05, 4.69) is 21.2 Å². The van der Waals surface area contributed by atoms with Gasteiger partial charge in [0.05, 0.1) is 11.1 Å². The third-order valence-electron chi connectivity index (χ3n) is 0.652. The maximum Gasteiger partial charge on any atom is 0.0715 e. The van der Waals surface area contributed by atoms with Crippen LogP contribution < -0.4 is 5.32 Å². The lowest BCUT2D eigenvalue weighted by Crippen LogP contribution is -2.33. The summed E-state index contributed by atoms with van der Waals surface area (Å²) in [6, 6.07) is 0. The molecule has 0 atom stereocenters. The minimum absolute atomic E-state index is 0.590. The number of nitrogens with one attached hydrogen (secondary N) is 1. The molecule has 0 aliphatic rings. The van der Waals surface area contributed by atoms with Crippen molar-refractivity contribution in [3.05, 3.63) is 0 Å². The van der Waals surface area contributed by atoms with Crippen LogP contribution in [-0.2, 0) is 0 Å². The van der Waals surface area contributed by atoms with E-state index in [1.165, 1.54) is 0 Å². The molecule has 0 bridgehead atoms. The number of rotatable bonds is 3. The maximum atomic E-state index is 9.07. The second kappa shape index (κ2) is 3.43. The van der Waals surface area contributed by atoms with Gasteiger partial charge in [-0.15, -0.1) is 0 Å². The fraction of sp³-hybridized carbons (Fsp3) is 1.00. The fourth-order valence-electron chi connectivity index (χ4n) is 0.353. The second-order valence-corrected chi connectivity index (χ2v) is 2.93. The summed E-state index contributed by atoms with van der Waals surface area (Å²) in [7, 11) is 0. The van der Waals surface area contributed by atoms with Crippen LogP contribution >= 0.6 is 15.9 Å². The van der Waals surface area contributed by atoms with Crippen LogP contribution in [0.5, 0.6) is 0 Å². The van der Waals surface area contributed by atoms with Gasteiger partial charge in [0.15, 0.2) is 0 Å². The Labute approximate surface area is 58.4 Å². The van der Waals surface area contributed by atoms with Crippen molar-refractivity contribution in [1.29, 1.82) is 0 Å². The Hall–Kier alpha value is 0.400. The molecule has 0 amide bonds. The first kappa shape index (κ1) is 8.40. The van der Waals surface area contributed by atoms with Crippen molar-refractivity contribution in [3.63, 3.8) is 0 Å². The molecule has 0 aromatic heterocycles. The molecule has 2 N–H and O–H groups in total. The van der Waals surface area contributed by atoms with Crippen molar-refractivity contribution in [2.24, 2.45) is 0 Å². The van der Waals surface area contributed by atoms with E-state index in [9.17, 15) is 0 Å². The first-order valence-corrected chi connectivity index (χ1v) is 3.67. The average Bonchev–Trinajstić information content (AvgIpc) is 1.59. The van der Waals surface area contributed by atoms with Gasteiger partial charge in [-0.05, 0) is 13.8 Å². The third-order valence-corrected chi connectivity index (χ3v) is 1.05. The molecule has 8 heavy (non-hydrogen) atoms. The Balaban J connectivity index is 3.11. The zero-order chi connectivity index (χ0) is 6.62. The van der Waals surface area contributed by atoms with Crippen molar-refractivity contribution in [2.45, 2.75) is 19.4 Å². The van der Waals surface area contributed by atoms with E-state index in [-0.39, 0.29) is 0 Å². The lowest BCUT2D eigenvalue weighted by atomic mass is 10.1. The fourth-order valence-corrected chi connectivity index (χ4v) is 0.551. The number of aliphatic hydroxyl groups is 1. The van der Waals surface area contributed by atoms with Gasteiger partial charge in [0.2, 0.25) is 0 Å². The van der Waals surface area contributed by atoms with E-state index in [0.717, 1.165) is 5.45 Å². The SMILES string of the molecule is CC(C)(O)CNCBr. The molecule has 2 nitrogen and oxygen atoms in total. The van der Waals surface area contributed by atoms with Gasteiger partial charge in [0, 0.05) is 6.54 Å². The Morgan fingerprint density at radius 1 is 1.62 bits per heavy atom. The Bertz CT molecular complexity index is 59.9. The van der Waals surface area contributed by atoms with Crippen LogP contribution in [0.15, 0.2) is 0 Å². The lowest BCUT2D eigenvalue weighted by molar-refractivity contribution is 0.0817. The van der Waals surface area contributed by atoms with E-state index in [0.29, 0.717) is 6.54 Å². The highest BCUT2D eigenvalue weighted by Crippen LogP contribution is 1.96. The lowest BCUT2D eigenvalue weighted by Gasteiger charge is -2.15. The number of hydrogen-bond donors (Lipinski definition) is 2. The van der Waals surface area contributed by atoms with Crippen molar-refractivity contribution >= 4 is 15.9 Å². The Morgan fingerprint density at radius 2 is 2.12 bits per heavy atom. The molecule has 50 valence electrons. The summed E-state index contributed by atoms with van der Waals surface area (Å²) < 4.78 is 0. The van der Waals surface area contributed by atoms with Crippen LogP contribution in [0.25, 0.3) is 0 Å². The first-order valence-electron chi connectivity index (χ1n) is 2.55. The molecule has 0 rings (SSSR count). The second-order valence-electron chi connectivity index (χ2n) is 2.37. The molecule has 3 heteroatoms. The summed E-state index contributed by atoms with van der Waals surface area (Å²) in [4.78, 5) is 0. The molecular weight excluding hydrogens is 170 g/mol. The van der Waals surface area contributed by atoms with E-state index >= 15 is 0 Å². The topological polar surface area (TPSA) is 32.3 Å². The van der Waals surface area contributed by atoms with Crippen LogP contribution in [0.2, 0.25) is 0 Å². The molecule has 0 aromatic rings. The molecule has 0 aliphatic heterocycles. The molecule has 0 fully saturated rings.